The normalized spacial score (nSPS) is 23.4. The first kappa shape index (κ1) is 13.6. The Morgan fingerprint density at radius 3 is 2.90 bits per heavy atom. The standard InChI is InChI=1S/C14H18ClN3O2/c15-11-4-5-12(16-13(11)14(19)20)18-8-2-7-17-6-1-3-10(17)9-18/h4-5,10H,1-3,6-9H2,(H,19,20). The lowest BCUT2D eigenvalue weighted by molar-refractivity contribution is 0.0691. The fourth-order valence-electron chi connectivity index (χ4n) is 3.17. The molecule has 1 unspecified atom stereocenters. The molecule has 2 saturated heterocycles. The molecule has 0 spiro atoms. The number of fused-ring (bicyclic) bond motifs is 1. The van der Waals surface area contributed by atoms with Crippen molar-refractivity contribution < 1.29 is 9.90 Å². The van der Waals surface area contributed by atoms with Gasteiger partial charge in [-0.15, -0.1) is 0 Å². The van der Waals surface area contributed by atoms with E-state index in [1.54, 1.807) is 6.07 Å². The molecule has 1 aromatic rings. The first-order chi connectivity index (χ1) is 9.65. The fourth-order valence-corrected chi connectivity index (χ4v) is 3.36. The maximum atomic E-state index is 11.1. The number of anilines is 1. The second-order valence-corrected chi connectivity index (χ2v) is 5.84. The summed E-state index contributed by atoms with van der Waals surface area (Å²) >= 11 is 5.88. The molecule has 0 radical (unpaired) electrons. The summed E-state index contributed by atoms with van der Waals surface area (Å²) in [5.74, 6) is -0.352. The van der Waals surface area contributed by atoms with Crippen LogP contribution in [0.4, 0.5) is 5.82 Å². The van der Waals surface area contributed by atoms with Crippen molar-refractivity contribution in [1.82, 2.24) is 9.88 Å². The van der Waals surface area contributed by atoms with Gasteiger partial charge in [-0.3, -0.25) is 4.90 Å². The molecule has 1 N–H and O–H groups in total. The summed E-state index contributed by atoms with van der Waals surface area (Å²) in [7, 11) is 0. The molecule has 6 heteroatoms. The molecule has 1 aromatic heterocycles. The largest absolute Gasteiger partial charge is 0.476 e. The van der Waals surface area contributed by atoms with Gasteiger partial charge in [-0.05, 0) is 37.9 Å². The molecule has 2 fully saturated rings. The van der Waals surface area contributed by atoms with Crippen LogP contribution in [-0.4, -0.2) is 53.2 Å². The van der Waals surface area contributed by atoms with E-state index in [9.17, 15) is 4.79 Å². The van der Waals surface area contributed by atoms with Crippen molar-refractivity contribution in [3.05, 3.63) is 22.8 Å². The summed E-state index contributed by atoms with van der Waals surface area (Å²) in [6.07, 6.45) is 3.56. The van der Waals surface area contributed by atoms with E-state index >= 15 is 0 Å². The third kappa shape index (κ3) is 2.60. The summed E-state index contributed by atoms with van der Waals surface area (Å²) in [6.45, 7) is 4.15. The van der Waals surface area contributed by atoms with Crippen LogP contribution in [0.3, 0.4) is 0 Å². The predicted molar refractivity (Wildman–Crippen MR) is 77.6 cm³/mol. The van der Waals surface area contributed by atoms with Gasteiger partial charge in [0.2, 0.25) is 0 Å². The minimum absolute atomic E-state index is 0.0586. The molecule has 3 heterocycles. The molecule has 20 heavy (non-hydrogen) atoms. The number of hydrogen-bond donors (Lipinski definition) is 1. The molecule has 0 aromatic carbocycles. The molecular weight excluding hydrogens is 278 g/mol. The minimum Gasteiger partial charge on any atom is -0.476 e. The Morgan fingerprint density at radius 2 is 2.10 bits per heavy atom. The van der Waals surface area contributed by atoms with Crippen LogP contribution < -0.4 is 4.90 Å². The number of aromatic nitrogens is 1. The Labute approximate surface area is 123 Å². The number of halogens is 1. The second kappa shape index (κ2) is 5.58. The SMILES string of the molecule is O=C(O)c1nc(N2CCCN3CCCC3C2)ccc1Cl. The Balaban J connectivity index is 1.84. The lowest BCUT2D eigenvalue weighted by atomic mass is 10.2. The minimum atomic E-state index is -1.07. The highest BCUT2D eigenvalue weighted by atomic mass is 35.5. The van der Waals surface area contributed by atoms with E-state index in [2.05, 4.69) is 14.8 Å². The highest BCUT2D eigenvalue weighted by Gasteiger charge is 2.29. The lowest BCUT2D eigenvalue weighted by Crippen LogP contribution is -2.37. The van der Waals surface area contributed by atoms with Crippen LogP contribution in [0.1, 0.15) is 29.8 Å². The summed E-state index contributed by atoms with van der Waals surface area (Å²) in [5, 5.41) is 9.31. The topological polar surface area (TPSA) is 56.7 Å². The first-order valence-electron chi connectivity index (χ1n) is 7.04. The van der Waals surface area contributed by atoms with Crippen molar-refractivity contribution in [3.8, 4) is 0 Å². The lowest BCUT2D eigenvalue weighted by Gasteiger charge is -2.26. The van der Waals surface area contributed by atoms with Crippen molar-refractivity contribution in [2.75, 3.05) is 31.1 Å². The molecule has 0 amide bonds. The van der Waals surface area contributed by atoms with E-state index in [4.69, 9.17) is 16.7 Å². The summed E-state index contributed by atoms with van der Waals surface area (Å²) in [5.41, 5.74) is -0.0586. The van der Waals surface area contributed by atoms with E-state index in [1.165, 1.54) is 19.4 Å². The van der Waals surface area contributed by atoms with Crippen molar-refractivity contribution in [2.45, 2.75) is 25.3 Å². The van der Waals surface area contributed by atoms with Crippen molar-refractivity contribution >= 4 is 23.4 Å². The Morgan fingerprint density at radius 1 is 1.30 bits per heavy atom. The number of pyridine rings is 1. The summed E-state index contributed by atoms with van der Waals surface area (Å²) in [4.78, 5) is 20.1. The number of hydrogen-bond acceptors (Lipinski definition) is 4. The molecule has 2 aliphatic heterocycles. The molecule has 2 aliphatic rings. The molecule has 3 rings (SSSR count). The zero-order valence-corrected chi connectivity index (χ0v) is 12.0. The summed E-state index contributed by atoms with van der Waals surface area (Å²) < 4.78 is 0. The number of carboxylic acids is 1. The van der Waals surface area contributed by atoms with Gasteiger partial charge in [-0.1, -0.05) is 11.6 Å². The smallest absolute Gasteiger partial charge is 0.356 e. The van der Waals surface area contributed by atoms with E-state index in [0.29, 0.717) is 6.04 Å². The van der Waals surface area contributed by atoms with E-state index in [-0.39, 0.29) is 10.7 Å². The van der Waals surface area contributed by atoms with E-state index in [0.717, 1.165) is 31.9 Å². The number of carboxylic acid groups (broad SMARTS) is 1. The van der Waals surface area contributed by atoms with Crippen LogP contribution >= 0.6 is 11.6 Å². The Bertz CT molecular complexity index is 523. The molecule has 0 bridgehead atoms. The monoisotopic (exact) mass is 295 g/mol. The van der Waals surface area contributed by atoms with Crippen molar-refractivity contribution in [1.29, 1.82) is 0 Å². The third-order valence-corrected chi connectivity index (χ3v) is 4.47. The van der Waals surface area contributed by atoms with Gasteiger partial charge in [0.1, 0.15) is 5.82 Å². The van der Waals surface area contributed by atoms with E-state index in [1.807, 2.05) is 6.07 Å². The van der Waals surface area contributed by atoms with Gasteiger partial charge in [0.15, 0.2) is 5.69 Å². The van der Waals surface area contributed by atoms with Crippen molar-refractivity contribution in [3.63, 3.8) is 0 Å². The van der Waals surface area contributed by atoms with Crippen LogP contribution in [0.25, 0.3) is 0 Å². The van der Waals surface area contributed by atoms with Gasteiger partial charge in [0.05, 0.1) is 5.02 Å². The molecular formula is C14H18ClN3O2. The van der Waals surface area contributed by atoms with Crippen LogP contribution in [0.2, 0.25) is 5.02 Å². The summed E-state index contributed by atoms with van der Waals surface area (Å²) in [6, 6.07) is 4.02. The number of aromatic carboxylic acids is 1. The fraction of sp³-hybridized carbons (Fsp3) is 0.571. The average Bonchev–Trinajstić information content (AvgIpc) is 2.76. The Kier molecular flexibility index (Phi) is 3.81. The highest BCUT2D eigenvalue weighted by molar-refractivity contribution is 6.33. The first-order valence-corrected chi connectivity index (χ1v) is 7.42. The quantitative estimate of drug-likeness (QED) is 0.905. The second-order valence-electron chi connectivity index (χ2n) is 5.44. The van der Waals surface area contributed by atoms with Gasteiger partial charge >= 0.3 is 5.97 Å². The van der Waals surface area contributed by atoms with Crippen LogP contribution in [0.5, 0.6) is 0 Å². The average molecular weight is 296 g/mol. The van der Waals surface area contributed by atoms with Gasteiger partial charge in [0.25, 0.3) is 0 Å². The van der Waals surface area contributed by atoms with Crippen LogP contribution in [0.15, 0.2) is 12.1 Å². The number of carbonyl (C=O) groups is 1. The van der Waals surface area contributed by atoms with E-state index < -0.39 is 5.97 Å². The van der Waals surface area contributed by atoms with Crippen molar-refractivity contribution in [2.24, 2.45) is 0 Å². The molecule has 0 aliphatic carbocycles. The Hall–Kier alpha value is -1.33. The zero-order valence-electron chi connectivity index (χ0n) is 11.3. The maximum Gasteiger partial charge on any atom is 0.356 e. The number of rotatable bonds is 2. The third-order valence-electron chi connectivity index (χ3n) is 4.16. The number of nitrogens with zero attached hydrogens (tertiary/aromatic N) is 3. The van der Waals surface area contributed by atoms with Crippen LogP contribution in [-0.2, 0) is 0 Å². The molecule has 5 nitrogen and oxygen atoms in total. The maximum absolute atomic E-state index is 11.1. The van der Waals surface area contributed by atoms with Gasteiger partial charge in [0, 0.05) is 25.7 Å². The van der Waals surface area contributed by atoms with Crippen LogP contribution in [0, 0.1) is 0 Å². The van der Waals surface area contributed by atoms with Gasteiger partial charge in [-0.2, -0.15) is 0 Å². The molecule has 0 saturated carbocycles. The molecule has 108 valence electrons. The zero-order chi connectivity index (χ0) is 14.1. The molecule has 1 atom stereocenters. The van der Waals surface area contributed by atoms with Gasteiger partial charge in [-0.25, -0.2) is 9.78 Å². The van der Waals surface area contributed by atoms with Gasteiger partial charge < -0.3 is 10.0 Å². The highest BCUT2D eigenvalue weighted by Crippen LogP contribution is 2.25. The predicted octanol–water partition coefficient (Wildman–Crippen LogP) is 2.11.